The van der Waals surface area contributed by atoms with Crippen molar-refractivity contribution in [1.29, 1.82) is 0 Å². The summed E-state index contributed by atoms with van der Waals surface area (Å²) in [5.74, 6) is -2.65. The Hall–Kier alpha value is -8.90. The number of hydrogen-bond donors (Lipinski definition) is 6. The van der Waals surface area contributed by atoms with Crippen molar-refractivity contribution in [3.05, 3.63) is 98.6 Å². The van der Waals surface area contributed by atoms with Gasteiger partial charge in [0.05, 0.1) is 154 Å². The number of unbranched alkanes of at least 4 members (excludes halogenated alkanes) is 1. The molecule has 3 atom stereocenters. The fourth-order valence-corrected chi connectivity index (χ4v) is 13.0. The highest BCUT2D eigenvalue weighted by Gasteiger charge is 2.51. The average Bonchev–Trinajstić information content (AvgIpc) is 1.60. The molecule has 6 heterocycles. The second-order valence-corrected chi connectivity index (χ2v) is 26.4. The molecule has 1 unspecified atom stereocenters. The number of nitrogens with one attached hydrogen (secondary N) is 4. The number of imide groups is 1. The van der Waals surface area contributed by atoms with E-state index >= 15 is 0 Å². The molecule has 1 saturated heterocycles. The zero-order valence-electron chi connectivity index (χ0n) is 61.2. The van der Waals surface area contributed by atoms with Crippen LogP contribution in [0.2, 0.25) is 0 Å². The van der Waals surface area contributed by atoms with Gasteiger partial charge in [0.2, 0.25) is 41.0 Å². The number of aromatic hydroxyl groups is 1. The number of nitrogens with zero attached hydrogens (tertiary/aromatic N) is 6. The lowest BCUT2D eigenvalue weighted by molar-refractivity contribution is -0.175. The second kappa shape index (κ2) is 42.6. The number of phenolic OH excluding ortho intramolecular Hbond substituents is 1. The summed E-state index contributed by atoms with van der Waals surface area (Å²) >= 11 is 0. The SMILES string of the molecule is CCc1c2c(nc3ccc(O)cc13)-c1cc3c(c(=O)n1C2)COC(=O)[C@@]3(CC)OC(=O)OCc1ccc(NC(=O)[C@H](CCCCN)NC(=O)COCC(=O)NCCOCCOCCOCCOCCOCCOCCOCCOCCn2cc(CNC(=O)C3CCC(CN4C(=O)CC(C)C4=O)CC3)nn2)cc1. The summed E-state index contributed by atoms with van der Waals surface area (Å²) in [5, 5.41) is 30.4. The van der Waals surface area contributed by atoms with Gasteiger partial charge in [-0.1, -0.05) is 38.1 Å². The summed E-state index contributed by atoms with van der Waals surface area (Å²) in [5.41, 5.74) is 8.53. The fourth-order valence-electron chi connectivity index (χ4n) is 13.0. The number of hydrogen-bond acceptors (Lipinski definition) is 26. The topological polar surface area (TPSA) is 411 Å². The highest BCUT2D eigenvalue weighted by molar-refractivity contribution is 6.03. The Balaban J connectivity index is 0.527. The summed E-state index contributed by atoms with van der Waals surface area (Å²) in [6, 6.07) is 12.0. The number of benzene rings is 2. The predicted molar refractivity (Wildman–Crippen MR) is 383 cm³/mol. The van der Waals surface area contributed by atoms with Gasteiger partial charge in [-0.05, 0) is 118 Å². The van der Waals surface area contributed by atoms with Crippen LogP contribution < -0.4 is 32.6 Å². The minimum absolute atomic E-state index is 0.0170. The number of aromatic nitrogens is 5. The van der Waals surface area contributed by atoms with Crippen LogP contribution in [-0.2, 0) is 135 Å². The zero-order valence-corrected chi connectivity index (χ0v) is 61.2. The first kappa shape index (κ1) is 82.2. The molecular weight excluding hydrogens is 1390 g/mol. The first-order chi connectivity index (χ1) is 52.0. The molecule has 0 radical (unpaired) electrons. The maximum absolute atomic E-state index is 14.1. The Kier molecular flexibility index (Phi) is 32.7. The van der Waals surface area contributed by atoms with Crippen LogP contribution in [0.3, 0.4) is 0 Å². The highest BCUT2D eigenvalue weighted by Crippen LogP contribution is 2.43. The van der Waals surface area contributed by atoms with Gasteiger partial charge in [-0.3, -0.25) is 38.5 Å². The van der Waals surface area contributed by atoms with Gasteiger partial charge in [-0.2, -0.15) is 0 Å². The van der Waals surface area contributed by atoms with Crippen molar-refractivity contribution in [2.75, 3.05) is 144 Å². The Bertz CT molecular complexity index is 3850. The Morgan fingerprint density at radius 1 is 0.738 bits per heavy atom. The van der Waals surface area contributed by atoms with Crippen molar-refractivity contribution < 1.29 is 100 Å². The smallest absolute Gasteiger partial charge is 0.508 e. The van der Waals surface area contributed by atoms with E-state index < -0.39 is 60.3 Å². The standard InChI is InChI=1S/C74H101N11O22/c1-4-56-57-39-55(86)17-18-61(57)80-67-58(56)44-84-63(67)40-60-59(71(84)93)46-105-72(94)74(60,5-2)107-73(95)106-45-51-11-15-53(16-12-51)78-69(91)62(8-6-7-19-75)79-65(88)48-104-47-64(87)76-20-22-96-24-26-98-28-30-100-32-34-102-36-37-103-35-33-101-31-29-99-27-25-97-23-21-83-43-54(81-82-83)41-77-68(90)52-13-9-50(10-14-52)42-85-66(89)38-49(3)70(85)92/h11-12,15-18,39-40,43,49-50,52,62,86H,4-10,13-14,19-38,41-42,44-48,75H2,1-3H3,(H,76,87)(H,77,90)(H,78,91)(H,79,88)/t49?,50?,52?,62-,74-/m0/s1. The molecule has 5 aromatic rings. The number of pyridine rings is 2. The number of esters is 1. The van der Waals surface area contributed by atoms with E-state index in [0.29, 0.717) is 172 Å². The number of ether oxygens (including phenoxy) is 12. The van der Waals surface area contributed by atoms with Crippen LogP contribution in [0, 0.1) is 17.8 Å². The number of fused-ring (bicyclic) bond motifs is 5. The van der Waals surface area contributed by atoms with Gasteiger partial charge in [0.15, 0.2) is 0 Å². The monoisotopic (exact) mass is 1500 g/mol. The number of carbonyl (C=O) groups excluding carboxylic acids is 8. The molecule has 4 aliphatic rings. The summed E-state index contributed by atoms with van der Waals surface area (Å²) < 4.78 is 69.8. The van der Waals surface area contributed by atoms with Gasteiger partial charge in [0, 0.05) is 53.5 Å². The van der Waals surface area contributed by atoms with Gasteiger partial charge in [0.1, 0.15) is 43.9 Å². The highest BCUT2D eigenvalue weighted by atomic mass is 16.7. The Labute approximate surface area is 620 Å². The van der Waals surface area contributed by atoms with Gasteiger partial charge < -0.3 is 93.5 Å². The first-order valence-electron chi connectivity index (χ1n) is 36.8. The Morgan fingerprint density at radius 3 is 1.99 bits per heavy atom. The molecule has 0 spiro atoms. The number of cyclic esters (lactones) is 1. The molecule has 584 valence electrons. The maximum atomic E-state index is 14.1. The Morgan fingerprint density at radius 2 is 1.37 bits per heavy atom. The number of anilines is 1. The van der Waals surface area contributed by atoms with E-state index in [2.05, 4.69) is 31.6 Å². The molecule has 0 bridgehead atoms. The number of aryl methyl sites for hydroxylation is 1. The maximum Gasteiger partial charge on any atom is 0.510 e. The summed E-state index contributed by atoms with van der Waals surface area (Å²) in [6.45, 7) is 12.1. The third-order valence-corrected chi connectivity index (χ3v) is 18.8. The van der Waals surface area contributed by atoms with Gasteiger partial charge in [-0.15, -0.1) is 5.10 Å². The van der Waals surface area contributed by atoms with E-state index in [9.17, 15) is 48.3 Å². The van der Waals surface area contributed by atoms with Crippen molar-refractivity contribution >= 4 is 64.2 Å². The quantitative estimate of drug-likeness (QED) is 0.0180. The number of phenols is 1. The van der Waals surface area contributed by atoms with Crippen LogP contribution in [0.4, 0.5) is 10.5 Å². The average molecular weight is 1500 g/mol. The minimum atomic E-state index is -2.01. The third kappa shape index (κ3) is 24.0. The predicted octanol–water partition coefficient (Wildman–Crippen LogP) is 3.64. The molecule has 33 nitrogen and oxygen atoms in total. The lowest BCUT2D eigenvalue weighted by Crippen LogP contribution is -2.47. The van der Waals surface area contributed by atoms with E-state index in [0.717, 1.165) is 42.2 Å². The molecule has 2 fully saturated rings. The van der Waals surface area contributed by atoms with Crippen LogP contribution in [0.5, 0.6) is 5.75 Å². The van der Waals surface area contributed by atoms with E-state index in [1.807, 2.05) is 6.92 Å². The lowest BCUT2D eigenvalue weighted by Gasteiger charge is -2.35. The van der Waals surface area contributed by atoms with Crippen LogP contribution in [0.15, 0.2) is 59.5 Å². The van der Waals surface area contributed by atoms with E-state index in [1.165, 1.54) is 4.90 Å². The minimum Gasteiger partial charge on any atom is -0.508 e. The number of carbonyl (C=O) groups is 8. The molecular formula is C74H101N11O22. The van der Waals surface area contributed by atoms with Crippen molar-refractivity contribution in [2.45, 2.75) is 129 Å². The van der Waals surface area contributed by atoms with Gasteiger partial charge in [0.25, 0.3) is 5.56 Å². The van der Waals surface area contributed by atoms with E-state index in [1.54, 1.807) is 77.8 Å². The van der Waals surface area contributed by atoms with Crippen molar-refractivity contribution in [1.82, 2.24) is 45.4 Å². The normalized spacial score (nSPS) is 17.7. The van der Waals surface area contributed by atoms with E-state index in [-0.39, 0.29) is 111 Å². The summed E-state index contributed by atoms with van der Waals surface area (Å²) in [7, 11) is 0. The summed E-state index contributed by atoms with van der Waals surface area (Å²) in [4.78, 5) is 124. The molecule has 107 heavy (non-hydrogen) atoms. The molecule has 33 heteroatoms. The van der Waals surface area contributed by atoms with E-state index in [4.69, 9.17) is 67.6 Å². The van der Waals surface area contributed by atoms with Crippen LogP contribution in [0.1, 0.15) is 112 Å². The van der Waals surface area contributed by atoms with Crippen molar-refractivity contribution in [3.63, 3.8) is 0 Å². The van der Waals surface area contributed by atoms with Crippen molar-refractivity contribution in [3.8, 4) is 17.1 Å². The number of amides is 6. The number of likely N-dealkylation sites (tertiary alicyclic amines) is 1. The van der Waals surface area contributed by atoms with Crippen LogP contribution >= 0.6 is 0 Å². The lowest BCUT2D eigenvalue weighted by atomic mass is 9.81. The number of nitrogens with two attached hydrogens (primary N) is 1. The summed E-state index contributed by atoms with van der Waals surface area (Å²) in [6.07, 6.45) is 5.87. The molecule has 6 amide bonds. The molecule has 1 aliphatic carbocycles. The fraction of sp³-hybridized carbons (Fsp3) is 0.595. The molecule has 1 saturated carbocycles. The molecule has 2 aromatic carbocycles. The number of rotatable bonds is 48. The second-order valence-electron chi connectivity index (χ2n) is 26.4. The molecule has 3 aromatic heterocycles. The zero-order chi connectivity index (χ0) is 75.9. The first-order valence-corrected chi connectivity index (χ1v) is 36.8. The molecule has 9 rings (SSSR count). The van der Waals surface area contributed by atoms with Crippen LogP contribution in [0.25, 0.3) is 22.3 Å². The van der Waals surface area contributed by atoms with Crippen molar-refractivity contribution in [2.24, 2.45) is 23.5 Å². The van der Waals surface area contributed by atoms with Gasteiger partial charge >= 0.3 is 12.1 Å². The van der Waals surface area contributed by atoms with Gasteiger partial charge in [-0.25, -0.2) is 19.3 Å². The molecule has 7 N–H and O–H groups in total. The third-order valence-electron chi connectivity index (χ3n) is 18.8. The largest absolute Gasteiger partial charge is 0.510 e. The molecule has 3 aliphatic heterocycles. The van der Waals surface area contributed by atoms with Crippen LogP contribution in [-0.4, -0.2) is 227 Å².